The normalized spacial score (nSPS) is 13.8. The average Bonchev–Trinajstić information content (AvgIpc) is 2.84. The Morgan fingerprint density at radius 1 is 1.25 bits per heavy atom. The van der Waals surface area contributed by atoms with Crippen molar-refractivity contribution in [1.29, 1.82) is 0 Å². The molecule has 5 nitrogen and oxygen atoms in total. The van der Waals surface area contributed by atoms with Crippen molar-refractivity contribution in [3.8, 4) is 22.8 Å². The fraction of sp³-hybridized carbons (Fsp3) is 0.357. The van der Waals surface area contributed by atoms with Crippen LogP contribution in [0.2, 0.25) is 0 Å². The molecule has 0 saturated heterocycles. The molecule has 0 unspecified atom stereocenters. The molecular weight excluding hydrogens is 324 g/mol. The molecule has 1 aliphatic heterocycles. The molecule has 2 aromatic rings. The summed E-state index contributed by atoms with van der Waals surface area (Å²) < 4.78 is 17.2. The van der Waals surface area contributed by atoms with Crippen molar-refractivity contribution < 1.29 is 14.0 Å². The van der Waals surface area contributed by atoms with Crippen LogP contribution in [0.1, 0.15) is 25.3 Å². The Morgan fingerprint density at radius 3 is 2.65 bits per heavy atom. The summed E-state index contributed by atoms with van der Waals surface area (Å²) in [5.74, 6) is 2.04. The lowest BCUT2D eigenvalue weighted by Gasteiger charge is -2.24. The molecule has 0 spiro atoms. The van der Waals surface area contributed by atoms with E-state index >= 15 is 0 Å². The number of fused-ring (bicyclic) bond motifs is 1. The minimum Gasteiger partial charge on any atom is -0.486 e. The number of anilines is 1. The van der Waals surface area contributed by atoms with Crippen LogP contribution in [0, 0.1) is 0 Å². The standard InChI is InChI=1S/C14H15BrN2O3/c1-7(2)12-8(9-6-11(16)20-17-9)5-10-14(13(12)15)19-4-3-18-10/h5-7H,3-4,16H2,1-2H3. The molecule has 1 aromatic heterocycles. The molecule has 2 N–H and O–H groups in total. The summed E-state index contributed by atoms with van der Waals surface area (Å²) in [6, 6.07) is 3.65. The highest BCUT2D eigenvalue weighted by molar-refractivity contribution is 9.10. The quantitative estimate of drug-likeness (QED) is 0.906. The Labute approximate surface area is 125 Å². The fourth-order valence-corrected chi connectivity index (χ4v) is 3.33. The molecule has 106 valence electrons. The monoisotopic (exact) mass is 338 g/mol. The van der Waals surface area contributed by atoms with Crippen molar-refractivity contribution >= 4 is 21.8 Å². The molecule has 1 aliphatic rings. The maximum absolute atomic E-state index is 5.70. The molecule has 0 aliphatic carbocycles. The number of aromatic nitrogens is 1. The van der Waals surface area contributed by atoms with E-state index < -0.39 is 0 Å². The minimum absolute atomic E-state index is 0.285. The summed E-state index contributed by atoms with van der Waals surface area (Å²) in [6.45, 7) is 5.33. The van der Waals surface area contributed by atoms with Gasteiger partial charge in [0.15, 0.2) is 11.5 Å². The van der Waals surface area contributed by atoms with Gasteiger partial charge >= 0.3 is 0 Å². The van der Waals surface area contributed by atoms with Gasteiger partial charge in [-0.2, -0.15) is 0 Å². The van der Waals surface area contributed by atoms with Crippen LogP contribution in [0.15, 0.2) is 21.1 Å². The van der Waals surface area contributed by atoms with Gasteiger partial charge in [0.2, 0.25) is 5.88 Å². The van der Waals surface area contributed by atoms with Gasteiger partial charge < -0.3 is 19.7 Å². The smallest absolute Gasteiger partial charge is 0.222 e. The molecule has 2 heterocycles. The Morgan fingerprint density at radius 2 is 2.00 bits per heavy atom. The van der Waals surface area contributed by atoms with E-state index in [1.165, 1.54) is 0 Å². The maximum Gasteiger partial charge on any atom is 0.222 e. The lowest BCUT2D eigenvalue weighted by atomic mass is 9.94. The summed E-state index contributed by atoms with van der Waals surface area (Å²) in [5.41, 5.74) is 8.36. The predicted octanol–water partition coefficient (Wildman–Crippen LogP) is 3.58. The second-order valence-electron chi connectivity index (χ2n) is 4.95. The number of ether oxygens (including phenoxy) is 2. The summed E-state index contributed by atoms with van der Waals surface area (Å²) in [4.78, 5) is 0. The highest BCUT2D eigenvalue weighted by Crippen LogP contribution is 2.47. The molecular formula is C14H15BrN2O3. The summed E-state index contributed by atoms with van der Waals surface area (Å²) in [7, 11) is 0. The number of hydrogen-bond acceptors (Lipinski definition) is 5. The molecule has 3 rings (SSSR count). The van der Waals surface area contributed by atoms with E-state index in [-0.39, 0.29) is 5.92 Å². The number of nitrogens with zero attached hydrogens (tertiary/aromatic N) is 1. The van der Waals surface area contributed by atoms with Gasteiger partial charge in [-0.05, 0) is 33.5 Å². The molecule has 20 heavy (non-hydrogen) atoms. The first-order chi connectivity index (χ1) is 9.58. The third-order valence-corrected chi connectivity index (χ3v) is 3.98. The molecule has 0 fully saturated rings. The van der Waals surface area contributed by atoms with Crippen LogP contribution in [0.3, 0.4) is 0 Å². The number of nitrogen functional groups attached to an aromatic ring is 1. The van der Waals surface area contributed by atoms with Gasteiger partial charge in [0, 0.05) is 11.6 Å². The Balaban J connectivity index is 2.24. The van der Waals surface area contributed by atoms with Crippen molar-refractivity contribution in [2.75, 3.05) is 18.9 Å². The van der Waals surface area contributed by atoms with Crippen LogP contribution in [-0.4, -0.2) is 18.4 Å². The van der Waals surface area contributed by atoms with E-state index in [1.807, 2.05) is 6.07 Å². The van der Waals surface area contributed by atoms with Crippen LogP contribution in [0.4, 0.5) is 5.88 Å². The van der Waals surface area contributed by atoms with E-state index in [9.17, 15) is 0 Å². The number of hydrogen-bond donors (Lipinski definition) is 1. The molecule has 1 aromatic carbocycles. The molecule has 0 saturated carbocycles. The summed E-state index contributed by atoms with van der Waals surface area (Å²) in [5, 5.41) is 4.00. The van der Waals surface area contributed by atoms with Crippen molar-refractivity contribution in [1.82, 2.24) is 5.16 Å². The lowest BCUT2D eigenvalue weighted by molar-refractivity contribution is 0.170. The third kappa shape index (κ3) is 2.14. The zero-order valence-corrected chi connectivity index (χ0v) is 12.9. The first-order valence-electron chi connectivity index (χ1n) is 6.42. The minimum atomic E-state index is 0.285. The van der Waals surface area contributed by atoms with Gasteiger partial charge in [0.25, 0.3) is 0 Å². The first kappa shape index (κ1) is 13.3. The lowest BCUT2D eigenvalue weighted by Crippen LogP contribution is -2.16. The molecule has 6 heteroatoms. The van der Waals surface area contributed by atoms with Crippen molar-refractivity contribution in [2.45, 2.75) is 19.8 Å². The van der Waals surface area contributed by atoms with Crippen LogP contribution in [-0.2, 0) is 0 Å². The van der Waals surface area contributed by atoms with Gasteiger partial charge in [-0.3, -0.25) is 0 Å². The molecule has 0 bridgehead atoms. The topological polar surface area (TPSA) is 70.5 Å². The third-order valence-electron chi connectivity index (χ3n) is 3.19. The largest absolute Gasteiger partial charge is 0.486 e. The second kappa shape index (κ2) is 5.01. The van der Waals surface area contributed by atoms with Gasteiger partial charge in [-0.15, -0.1) is 0 Å². The second-order valence-corrected chi connectivity index (χ2v) is 5.74. The number of rotatable bonds is 2. The maximum atomic E-state index is 5.70. The van der Waals surface area contributed by atoms with E-state index in [1.54, 1.807) is 6.07 Å². The van der Waals surface area contributed by atoms with E-state index in [0.717, 1.165) is 21.3 Å². The van der Waals surface area contributed by atoms with Crippen LogP contribution in [0.25, 0.3) is 11.3 Å². The number of benzene rings is 1. The first-order valence-corrected chi connectivity index (χ1v) is 7.21. The Kier molecular flexibility index (Phi) is 3.33. The number of nitrogens with two attached hydrogens (primary N) is 1. The van der Waals surface area contributed by atoms with Gasteiger partial charge in [0.1, 0.15) is 18.9 Å². The zero-order valence-electron chi connectivity index (χ0n) is 11.3. The van der Waals surface area contributed by atoms with Crippen LogP contribution in [0.5, 0.6) is 11.5 Å². The molecule has 0 radical (unpaired) electrons. The summed E-state index contributed by atoms with van der Waals surface area (Å²) in [6.07, 6.45) is 0. The van der Waals surface area contributed by atoms with E-state index in [0.29, 0.717) is 30.5 Å². The Bertz CT molecular complexity index is 652. The Hall–Kier alpha value is -1.69. The zero-order chi connectivity index (χ0) is 14.3. The van der Waals surface area contributed by atoms with E-state index in [2.05, 4.69) is 34.9 Å². The SMILES string of the molecule is CC(C)c1c(-c2cc(N)on2)cc2c(c1Br)OCCO2. The highest BCUT2D eigenvalue weighted by atomic mass is 79.9. The van der Waals surface area contributed by atoms with Crippen LogP contribution >= 0.6 is 15.9 Å². The van der Waals surface area contributed by atoms with E-state index in [4.69, 9.17) is 19.7 Å². The highest BCUT2D eigenvalue weighted by Gasteiger charge is 2.24. The molecule has 0 atom stereocenters. The van der Waals surface area contributed by atoms with Crippen LogP contribution < -0.4 is 15.2 Å². The number of halogens is 1. The predicted molar refractivity (Wildman–Crippen MR) is 79.1 cm³/mol. The average molecular weight is 339 g/mol. The van der Waals surface area contributed by atoms with Gasteiger partial charge in [0.05, 0.1) is 4.47 Å². The van der Waals surface area contributed by atoms with Crippen molar-refractivity contribution in [3.63, 3.8) is 0 Å². The van der Waals surface area contributed by atoms with Gasteiger partial charge in [-0.25, -0.2) is 0 Å². The molecule has 0 amide bonds. The van der Waals surface area contributed by atoms with Gasteiger partial charge in [-0.1, -0.05) is 19.0 Å². The van der Waals surface area contributed by atoms with Crippen molar-refractivity contribution in [3.05, 3.63) is 22.2 Å². The summed E-state index contributed by atoms with van der Waals surface area (Å²) >= 11 is 3.63. The van der Waals surface area contributed by atoms with Crippen molar-refractivity contribution in [2.24, 2.45) is 0 Å². The fourth-order valence-electron chi connectivity index (χ4n) is 2.35.